The summed E-state index contributed by atoms with van der Waals surface area (Å²) in [5, 5.41) is 6.97. The minimum Gasteiger partial charge on any atom is -0.415 e. The molecule has 0 saturated carbocycles. The molecule has 5 aromatic rings. The number of Topliss-reactive ketones (excluding diaryl/α,β-unsaturated/α-hetero) is 1. The van der Waals surface area contributed by atoms with Gasteiger partial charge in [-0.1, -0.05) is 72.8 Å². The van der Waals surface area contributed by atoms with Crippen LogP contribution >= 0.6 is 0 Å². The Morgan fingerprint density at radius 3 is 1.35 bits per heavy atom. The lowest BCUT2D eigenvalue weighted by atomic mass is 10.1. The number of hydrogen-bond donors (Lipinski definition) is 1. The molecule has 0 bridgehead atoms. The van der Waals surface area contributed by atoms with Crippen molar-refractivity contribution in [3.8, 4) is 11.5 Å². The highest BCUT2D eigenvalue weighted by molar-refractivity contribution is 7.90. The van der Waals surface area contributed by atoms with Gasteiger partial charge in [-0.15, -0.1) is 10.2 Å². The first-order valence-corrected chi connectivity index (χ1v) is 24.8. The first-order chi connectivity index (χ1) is 32.2. The van der Waals surface area contributed by atoms with Crippen molar-refractivity contribution in [2.75, 3.05) is 41.3 Å². The fourth-order valence-corrected chi connectivity index (χ4v) is 12.3. The van der Waals surface area contributed by atoms with E-state index in [-0.39, 0.29) is 93.5 Å². The molecular formula is C47H57F2N9O8S2. The molecule has 0 aliphatic carbocycles. The van der Waals surface area contributed by atoms with E-state index < -0.39 is 32.7 Å². The maximum absolute atomic E-state index is 13.9. The summed E-state index contributed by atoms with van der Waals surface area (Å²) >= 11 is 0. The van der Waals surface area contributed by atoms with Crippen LogP contribution in [0.5, 0.6) is 0 Å². The van der Waals surface area contributed by atoms with Crippen LogP contribution in [-0.2, 0) is 43.1 Å². The lowest BCUT2D eigenvalue weighted by Gasteiger charge is -2.44. The molecule has 1 aromatic heterocycles. The molecule has 0 spiro atoms. The third-order valence-electron chi connectivity index (χ3n) is 11.7. The van der Waals surface area contributed by atoms with Crippen LogP contribution in [0, 0.1) is 0 Å². The average Bonchev–Trinajstić information content (AvgIpc) is 3.81. The SMILES string of the molecule is CC(=O)N1[C@H](C)CN(S(=O)(=O)N(Cc2ccc(-c3nnc(C(F)F)o3)cc2)c2ccccc2)C[C@@H]1C.CC(=O)N1[C@H](C)CN(S(=O)(=O)N(Cc2ccc(C(=O)CN)cc2)c2ccccc2)C[C@@H]1C. The predicted molar refractivity (Wildman–Crippen MR) is 254 cm³/mol. The first kappa shape index (κ1) is 51.3. The molecule has 21 heteroatoms. The van der Waals surface area contributed by atoms with E-state index in [1.54, 1.807) is 113 Å². The van der Waals surface area contributed by atoms with E-state index in [9.17, 15) is 40.0 Å². The molecule has 0 unspecified atom stereocenters. The quantitative estimate of drug-likeness (QED) is 0.130. The van der Waals surface area contributed by atoms with Gasteiger partial charge in [0.15, 0.2) is 5.78 Å². The minimum absolute atomic E-state index is 0.0361. The van der Waals surface area contributed by atoms with Gasteiger partial charge >= 0.3 is 26.8 Å². The van der Waals surface area contributed by atoms with Crippen LogP contribution < -0.4 is 14.3 Å². The summed E-state index contributed by atoms with van der Waals surface area (Å²) in [6.07, 6.45) is -2.86. The van der Waals surface area contributed by atoms with Crippen molar-refractivity contribution in [2.45, 2.75) is 85.2 Å². The zero-order valence-electron chi connectivity index (χ0n) is 38.7. The number of benzene rings is 4. The lowest BCUT2D eigenvalue weighted by Crippen LogP contribution is -2.61. The fourth-order valence-electron chi connectivity index (χ4n) is 8.68. The Labute approximate surface area is 396 Å². The van der Waals surface area contributed by atoms with Crippen LogP contribution in [0.25, 0.3) is 11.5 Å². The van der Waals surface area contributed by atoms with Crippen molar-refractivity contribution >= 4 is 49.4 Å². The van der Waals surface area contributed by atoms with Crippen LogP contribution in [-0.4, -0.2) is 120 Å². The van der Waals surface area contributed by atoms with Crippen LogP contribution in [0.15, 0.2) is 114 Å². The van der Waals surface area contributed by atoms with Crippen molar-refractivity contribution < 1.29 is 44.4 Å². The second-order valence-electron chi connectivity index (χ2n) is 16.8. The molecule has 2 amide bonds. The Hall–Kier alpha value is -6.13. The monoisotopic (exact) mass is 977 g/mol. The maximum atomic E-state index is 13.9. The number of rotatable bonds is 14. The molecule has 2 fully saturated rings. The van der Waals surface area contributed by atoms with Gasteiger partial charge in [0.1, 0.15) is 0 Å². The van der Waals surface area contributed by atoms with Gasteiger partial charge in [-0.3, -0.25) is 23.0 Å². The fraction of sp³-hybridized carbons (Fsp3) is 0.383. The summed E-state index contributed by atoms with van der Waals surface area (Å²) in [7, 11) is -7.83. The summed E-state index contributed by atoms with van der Waals surface area (Å²) in [5.74, 6) is -1.13. The molecule has 2 saturated heterocycles. The van der Waals surface area contributed by atoms with Crippen LogP contribution in [0.3, 0.4) is 0 Å². The number of aromatic nitrogens is 2. The highest BCUT2D eigenvalue weighted by Gasteiger charge is 2.41. The number of nitrogens with two attached hydrogens (primary N) is 1. The van der Waals surface area contributed by atoms with Crippen molar-refractivity contribution in [2.24, 2.45) is 5.73 Å². The summed E-state index contributed by atoms with van der Waals surface area (Å²) in [5.41, 5.74) is 8.81. The Bertz CT molecular complexity index is 2710. The average molecular weight is 978 g/mol. The van der Waals surface area contributed by atoms with E-state index >= 15 is 0 Å². The second-order valence-corrected chi connectivity index (χ2v) is 20.6. The molecule has 2 N–H and O–H groups in total. The van der Waals surface area contributed by atoms with Crippen molar-refractivity contribution in [3.63, 3.8) is 0 Å². The van der Waals surface area contributed by atoms with Gasteiger partial charge < -0.3 is 20.0 Å². The summed E-state index contributed by atoms with van der Waals surface area (Å²) < 4.78 is 91.3. The number of nitrogens with zero attached hydrogens (tertiary/aromatic N) is 8. The zero-order chi connectivity index (χ0) is 49.5. The summed E-state index contributed by atoms with van der Waals surface area (Å²) in [6.45, 7) is 11.3. The topological polar surface area (TPSA) is 204 Å². The van der Waals surface area contributed by atoms with Crippen molar-refractivity contribution in [1.82, 2.24) is 28.6 Å². The molecule has 4 aromatic carbocycles. The Balaban J connectivity index is 0.000000226. The standard InChI is InChI=1S/C24H27F2N5O4S.C23H30N4O4S/c1-16-13-29(14-17(2)31(16)18(3)32)36(33,34)30(21-7-5-4-6-8-21)15-19-9-11-20(12-10-19)23-27-28-24(35-23)22(25)26;1-17-14-25(15-18(2)27(17)19(3)28)32(30,31)26(22-7-5-4-6-8-22)16-20-9-11-21(12-10-20)23(29)13-24/h4-12,16-17,22H,13-15H2,1-3H3;4-12,17-18H,13-16,24H2,1-3H3/t16-,17+;17-,18+. The number of anilines is 2. The molecule has 2 aliphatic rings. The zero-order valence-corrected chi connectivity index (χ0v) is 40.4. The molecule has 2 aliphatic heterocycles. The molecular weight excluding hydrogens is 921 g/mol. The maximum Gasteiger partial charge on any atom is 0.314 e. The van der Waals surface area contributed by atoms with Crippen molar-refractivity contribution in [1.29, 1.82) is 0 Å². The van der Waals surface area contributed by atoms with E-state index in [0.717, 1.165) is 5.56 Å². The van der Waals surface area contributed by atoms with E-state index in [0.29, 0.717) is 28.1 Å². The van der Waals surface area contributed by atoms with Gasteiger partial charge in [0.25, 0.3) is 5.89 Å². The largest absolute Gasteiger partial charge is 0.415 e. The molecule has 3 heterocycles. The summed E-state index contributed by atoms with van der Waals surface area (Å²) in [6, 6.07) is 30.1. The number of alkyl halides is 2. The van der Waals surface area contributed by atoms with Crippen molar-refractivity contribution in [3.05, 3.63) is 132 Å². The number of carbonyl (C=O) groups excluding carboxylic acids is 3. The van der Waals surface area contributed by atoms with Gasteiger partial charge in [-0.25, -0.2) is 0 Å². The number of piperazine rings is 2. The highest BCUT2D eigenvalue weighted by Crippen LogP contribution is 2.30. The van der Waals surface area contributed by atoms with Gasteiger partial charge in [-0.05, 0) is 75.2 Å². The number of halogens is 2. The second kappa shape index (κ2) is 21.9. The number of amides is 2. The van der Waals surface area contributed by atoms with E-state index in [1.807, 2.05) is 33.8 Å². The van der Waals surface area contributed by atoms with Crippen LogP contribution in [0.4, 0.5) is 20.2 Å². The Morgan fingerprint density at radius 2 is 1.01 bits per heavy atom. The lowest BCUT2D eigenvalue weighted by molar-refractivity contribution is -0.136. The Morgan fingerprint density at radius 1 is 0.632 bits per heavy atom. The highest BCUT2D eigenvalue weighted by atomic mass is 32.2. The smallest absolute Gasteiger partial charge is 0.314 e. The van der Waals surface area contributed by atoms with E-state index in [1.165, 1.54) is 31.1 Å². The van der Waals surface area contributed by atoms with Crippen LogP contribution in [0.2, 0.25) is 0 Å². The van der Waals surface area contributed by atoms with Gasteiger partial charge in [-0.2, -0.15) is 34.2 Å². The van der Waals surface area contributed by atoms with Gasteiger partial charge in [0, 0.05) is 75.3 Å². The number of carbonyl (C=O) groups is 3. The Kier molecular flexibility index (Phi) is 16.5. The third kappa shape index (κ3) is 11.8. The van der Waals surface area contributed by atoms with Gasteiger partial charge in [0.05, 0.1) is 31.0 Å². The third-order valence-corrected chi connectivity index (χ3v) is 15.4. The molecule has 7 rings (SSSR count). The normalized spacial score (nSPS) is 19.3. The predicted octanol–water partition coefficient (Wildman–Crippen LogP) is 5.89. The van der Waals surface area contributed by atoms with Gasteiger partial charge in [0.2, 0.25) is 17.7 Å². The number of hydrogen-bond acceptors (Lipinski definition) is 11. The number of ketones is 1. The molecule has 364 valence electrons. The van der Waals surface area contributed by atoms with E-state index in [4.69, 9.17) is 10.2 Å². The summed E-state index contributed by atoms with van der Waals surface area (Å²) in [4.78, 5) is 39.3. The molecule has 68 heavy (non-hydrogen) atoms. The minimum atomic E-state index is -3.95. The van der Waals surface area contributed by atoms with E-state index in [2.05, 4.69) is 10.2 Å². The first-order valence-electron chi connectivity index (χ1n) is 22.0. The molecule has 0 radical (unpaired) electrons. The molecule has 17 nitrogen and oxygen atoms in total. The molecule has 4 atom stereocenters. The van der Waals surface area contributed by atoms with Crippen LogP contribution in [0.1, 0.15) is 75.3 Å². The number of para-hydroxylation sites is 2.